The lowest BCUT2D eigenvalue weighted by Gasteiger charge is -2.27. The number of thiocarbonyl (C=S) groups is 1. The lowest BCUT2D eigenvalue weighted by atomic mass is 10.2. The van der Waals surface area contributed by atoms with Crippen LogP contribution >= 0.6 is 12.2 Å². The molecule has 1 rings (SSSR count). The molecule has 0 saturated carbocycles. The molecule has 4 nitrogen and oxygen atoms in total. The summed E-state index contributed by atoms with van der Waals surface area (Å²) < 4.78 is 0. The first-order chi connectivity index (χ1) is 6.65. The minimum absolute atomic E-state index is 0.0637. The van der Waals surface area contributed by atoms with Gasteiger partial charge in [0, 0.05) is 13.1 Å². The molecule has 80 valence electrons. The molecule has 3 N–H and O–H groups in total. The maximum atomic E-state index is 11.3. The minimum Gasteiger partial charge on any atom is -0.392 e. The molecule has 0 aromatic carbocycles. The normalized spacial score (nSPS) is 21.1. The van der Waals surface area contributed by atoms with Crippen LogP contribution in [0.2, 0.25) is 0 Å². The Hall–Kier alpha value is -0.680. The van der Waals surface area contributed by atoms with Crippen molar-refractivity contribution in [1.82, 2.24) is 10.2 Å². The number of carbonyl (C=O) groups excluding carboxylic acids is 1. The maximum Gasteiger partial charge on any atom is 0.234 e. The largest absolute Gasteiger partial charge is 0.392 e. The lowest BCUT2D eigenvalue weighted by molar-refractivity contribution is -0.121. The summed E-state index contributed by atoms with van der Waals surface area (Å²) in [6, 6.07) is 0.0637. The summed E-state index contributed by atoms with van der Waals surface area (Å²) >= 11 is 4.98. The number of hydrogen-bond donors (Lipinski definition) is 2. The molecule has 0 aromatic heterocycles. The summed E-state index contributed by atoms with van der Waals surface area (Å²) in [5, 5.41) is 2.83. The predicted octanol–water partition coefficient (Wildman–Crippen LogP) is -0.127. The second kappa shape index (κ2) is 5.26. The van der Waals surface area contributed by atoms with Gasteiger partial charge in [-0.25, -0.2) is 0 Å². The molecule has 1 amide bonds. The van der Waals surface area contributed by atoms with E-state index in [1.807, 2.05) is 6.92 Å². The molecular formula is C9H17N3OS. The summed E-state index contributed by atoms with van der Waals surface area (Å²) in [5.74, 6) is 0.0669. The fourth-order valence-electron chi connectivity index (χ4n) is 1.73. The van der Waals surface area contributed by atoms with Gasteiger partial charge in [-0.15, -0.1) is 0 Å². The molecule has 1 saturated heterocycles. The van der Waals surface area contributed by atoms with Gasteiger partial charge in [0.2, 0.25) is 5.91 Å². The smallest absolute Gasteiger partial charge is 0.234 e. The Morgan fingerprint density at radius 2 is 2.50 bits per heavy atom. The Morgan fingerprint density at radius 3 is 3.07 bits per heavy atom. The van der Waals surface area contributed by atoms with Crippen molar-refractivity contribution < 1.29 is 4.79 Å². The molecule has 0 spiro atoms. The topological polar surface area (TPSA) is 58.4 Å². The van der Waals surface area contributed by atoms with Crippen LogP contribution in [0.4, 0.5) is 0 Å². The first-order valence-corrected chi connectivity index (χ1v) is 5.36. The molecule has 0 radical (unpaired) electrons. The summed E-state index contributed by atoms with van der Waals surface area (Å²) in [6.45, 7) is 4.08. The van der Waals surface area contributed by atoms with Gasteiger partial charge < -0.3 is 11.1 Å². The average Bonchev–Trinajstić information content (AvgIpc) is 2.31. The van der Waals surface area contributed by atoms with Crippen molar-refractivity contribution in [2.45, 2.75) is 25.8 Å². The first-order valence-electron chi connectivity index (χ1n) is 4.95. The van der Waals surface area contributed by atoms with Gasteiger partial charge in [0.15, 0.2) is 0 Å². The van der Waals surface area contributed by atoms with E-state index in [1.54, 1.807) is 0 Å². The van der Waals surface area contributed by atoms with Crippen LogP contribution in [-0.2, 0) is 4.79 Å². The number of nitrogens with zero attached hydrogens (tertiary/aromatic N) is 1. The SMILES string of the molecule is CCC(C(N)=S)N1CCCNC(=O)C1. The van der Waals surface area contributed by atoms with E-state index in [0.717, 1.165) is 25.9 Å². The van der Waals surface area contributed by atoms with E-state index in [2.05, 4.69) is 10.2 Å². The van der Waals surface area contributed by atoms with Gasteiger partial charge in [-0.2, -0.15) is 0 Å². The molecular weight excluding hydrogens is 198 g/mol. The van der Waals surface area contributed by atoms with Gasteiger partial charge in [0.05, 0.1) is 17.6 Å². The number of carbonyl (C=O) groups is 1. The maximum absolute atomic E-state index is 11.3. The third-order valence-corrected chi connectivity index (χ3v) is 2.72. The van der Waals surface area contributed by atoms with Gasteiger partial charge in [-0.1, -0.05) is 19.1 Å². The third-order valence-electron chi connectivity index (χ3n) is 2.45. The zero-order valence-electron chi connectivity index (χ0n) is 8.45. The van der Waals surface area contributed by atoms with Gasteiger partial charge >= 0.3 is 0 Å². The van der Waals surface area contributed by atoms with Gasteiger partial charge in [-0.3, -0.25) is 9.69 Å². The summed E-state index contributed by atoms with van der Waals surface area (Å²) in [4.78, 5) is 13.8. The Labute approximate surface area is 89.8 Å². The van der Waals surface area contributed by atoms with Crippen molar-refractivity contribution in [2.24, 2.45) is 5.73 Å². The summed E-state index contributed by atoms with van der Waals surface area (Å²) in [7, 11) is 0. The van der Waals surface area contributed by atoms with Crippen LogP contribution in [0.5, 0.6) is 0 Å². The zero-order chi connectivity index (χ0) is 10.6. The lowest BCUT2D eigenvalue weighted by Crippen LogP contribution is -2.46. The number of amides is 1. The standard InChI is InChI=1S/C9H17N3OS/c1-2-7(9(10)14)12-5-3-4-11-8(13)6-12/h7H,2-6H2,1H3,(H2,10,14)(H,11,13). The van der Waals surface area contributed by atoms with Crippen LogP contribution in [0.25, 0.3) is 0 Å². The molecule has 0 aliphatic carbocycles. The molecule has 5 heteroatoms. The van der Waals surface area contributed by atoms with Crippen LogP contribution < -0.4 is 11.1 Å². The summed E-state index contributed by atoms with van der Waals surface area (Å²) in [6.07, 6.45) is 1.83. The van der Waals surface area contributed by atoms with Crippen molar-refractivity contribution in [3.8, 4) is 0 Å². The minimum atomic E-state index is 0.0637. The third kappa shape index (κ3) is 2.92. The van der Waals surface area contributed by atoms with Crippen molar-refractivity contribution in [3.63, 3.8) is 0 Å². The van der Waals surface area contributed by atoms with Gasteiger partial charge in [0.1, 0.15) is 0 Å². The second-order valence-electron chi connectivity index (χ2n) is 3.50. The fourth-order valence-corrected chi connectivity index (χ4v) is 2.05. The van der Waals surface area contributed by atoms with Crippen LogP contribution in [0.3, 0.4) is 0 Å². The second-order valence-corrected chi connectivity index (χ2v) is 3.97. The van der Waals surface area contributed by atoms with Crippen molar-refractivity contribution in [1.29, 1.82) is 0 Å². The van der Waals surface area contributed by atoms with E-state index in [1.165, 1.54) is 0 Å². The Morgan fingerprint density at radius 1 is 1.79 bits per heavy atom. The van der Waals surface area contributed by atoms with Crippen molar-refractivity contribution in [3.05, 3.63) is 0 Å². The molecule has 1 atom stereocenters. The van der Waals surface area contributed by atoms with E-state index >= 15 is 0 Å². The molecule has 1 aliphatic heterocycles. The van der Waals surface area contributed by atoms with Crippen LogP contribution in [0.1, 0.15) is 19.8 Å². The van der Waals surface area contributed by atoms with Crippen LogP contribution in [0.15, 0.2) is 0 Å². The molecule has 14 heavy (non-hydrogen) atoms. The Bertz CT molecular complexity index is 230. The molecule has 0 aromatic rings. The summed E-state index contributed by atoms with van der Waals surface area (Å²) in [5.41, 5.74) is 5.63. The highest BCUT2D eigenvalue weighted by molar-refractivity contribution is 7.80. The highest BCUT2D eigenvalue weighted by Crippen LogP contribution is 2.07. The van der Waals surface area contributed by atoms with Crippen LogP contribution in [-0.4, -0.2) is 41.5 Å². The number of hydrogen-bond acceptors (Lipinski definition) is 3. The number of nitrogens with one attached hydrogen (secondary N) is 1. The molecule has 1 fully saturated rings. The van der Waals surface area contributed by atoms with Crippen LogP contribution in [0, 0.1) is 0 Å². The highest BCUT2D eigenvalue weighted by Gasteiger charge is 2.23. The van der Waals surface area contributed by atoms with E-state index in [-0.39, 0.29) is 11.9 Å². The predicted molar refractivity (Wildman–Crippen MR) is 60.1 cm³/mol. The molecule has 1 heterocycles. The molecule has 0 bridgehead atoms. The van der Waals surface area contributed by atoms with E-state index in [9.17, 15) is 4.79 Å². The molecule has 1 aliphatic rings. The number of nitrogens with two attached hydrogens (primary N) is 1. The van der Waals surface area contributed by atoms with E-state index in [0.29, 0.717) is 11.5 Å². The monoisotopic (exact) mass is 215 g/mol. The van der Waals surface area contributed by atoms with Crippen molar-refractivity contribution >= 4 is 23.1 Å². The quantitative estimate of drug-likeness (QED) is 0.644. The highest BCUT2D eigenvalue weighted by atomic mass is 32.1. The van der Waals surface area contributed by atoms with E-state index in [4.69, 9.17) is 18.0 Å². The van der Waals surface area contributed by atoms with Gasteiger partial charge in [0.25, 0.3) is 0 Å². The fraction of sp³-hybridized carbons (Fsp3) is 0.778. The zero-order valence-corrected chi connectivity index (χ0v) is 9.27. The van der Waals surface area contributed by atoms with Gasteiger partial charge in [-0.05, 0) is 12.8 Å². The van der Waals surface area contributed by atoms with E-state index < -0.39 is 0 Å². The molecule has 1 unspecified atom stereocenters. The first kappa shape index (κ1) is 11.4. The Balaban J connectivity index is 2.63. The Kier molecular flexibility index (Phi) is 4.28. The number of rotatable bonds is 3. The van der Waals surface area contributed by atoms with Crippen molar-refractivity contribution in [2.75, 3.05) is 19.6 Å². The average molecular weight is 215 g/mol.